The minimum absolute atomic E-state index is 0.0750. The van der Waals surface area contributed by atoms with E-state index in [1.807, 2.05) is 0 Å². The summed E-state index contributed by atoms with van der Waals surface area (Å²) in [6.45, 7) is 6.57. The molecule has 1 unspecified atom stereocenters. The van der Waals surface area contributed by atoms with Crippen molar-refractivity contribution in [3.05, 3.63) is 24.3 Å². The van der Waals surface area contributed by atoms with E-state index in [4.69, 9.17) is 14.2 Å². The van der Waals surface area contributed by atoms with E-state index in [9.17, 15) is 14.4 Å². The fraction of sp³-hybridized carbons (Fsp3) is 0.863. The van der Waals surface area contributed by atoms with E-state index in [1.165, 1.54) is 148 Å². The van der Waals surface area contributed by atoms with Gasteiger partial charge in [0.1, 0.15) is 13.2 Å². The molecule has 0 N–H and O–H groups in total. The van der Waals surface area contributed by atoms with Gasteiger partial charge in [0, 0.05) is 19.3 Å². The second-order valence-corrected chi connectivity index (χ2v) is 16.7. The largest absolute Gasteiger partial charge is 0.462 e. The summed E-state index contributed by atoms with van der Waals surface area (Å²) >= 11 is 0. The molecule has 0 fully saturated rings. The monoisotopic (exact) mass is 803 g/mol. The van der Waals surface area contributed by atoms with Crippen LogP contribution in [0.2, 0.25) is 0 Å². The molecule has 0 saturated heterocycles. The van der Waals surface area contributed by atoms with Crippen LogP contribution in [0.15, 0.2) is 24.3 Å². The van der Waals surface area contributed by atoms with Gasteiger partial charge < -0.3 is 14.2 Å². The van der Waals surface area contributed by atoms with Crippen LogP contribution in [0, 0.1) is 0 Å². The molecule has 0 heterocycles. The van der Waals surface area contributed by atoms with Crippen LogP contribution in [0.3, 0.4) is 0 Å². The molecule has 0 rings (SSSR count). The smallest absolute Gasteiger partial charge is 0.306 e. The minimum Gasteiger partial charge on any atom is -0.462 e. The lowest BCUT2D eigenvalue weighted by molar-refractivity contribution is -0.167. The number of allylic oxidation sites excluding steroid dienone is 4. The van der Waals surface area contributed by atoms with Crippen molar-refractivity contribution in [3.63, 3.8) is 0 Å². The number of esters is 3. The van der Waals surface area contributed by atoms with Gasteiger partial charge in [0.2, 0.25) is 0 Å². The number of carbonyl (C=O) groups is 3. The van der Waals surface area contributed by atoms with Crippen LogP contribution < -0.4 is 0 Å². The van der Waals surface area contributed by atoms with Crippen molar-refractivity contribution in [2.24, 2.45) is 0 Å². The van der Waals surface area contributed by atoms with Gasteiger partial charge in [-0.2, -0.15) is 0 Å². The Morgan fingerprint density at radius 3 is 0.947 bits per heavy atom. The van der Waals surface area contributed by atoms with E-state index in [0.717, 1.165) is 77.0 Å². The molecule has 0 spiro atoms. The first-order valence-electron chi connectivity index (χ1n) is 24.8. The molecular weight excluding hydrogens is 709 g/mol. The van der Waals surface area contributed by atoms with E-state index in [1.54, 1.807) is 0 Å². The number of carbonyl (C=O) groups excluding carboxylic acids is 3. The Hall–Kier alpha value is -2.11. The summed E-state index contributed by atoms with van der Waals surface area (Å²) in [7, 11) is 0. The van der Waals surface area contributed by atoms with E-state index in [2.05, 4.69) is 45.1 Å². The van der Waals surface area contributed by atoms with Gasteiger partial charge in [-0.15, -0.1) is 0 Å². The fourth-order valence-corrected chi connectivity index (χ4v) is 7.15. The average Bonchev–Trinajstić information content (AvgIpc) is 3.21. The lowest BCUT2D eigenvalue weighted by Gasteiger charge is -2.18. The number of unbranched alkanes of at least 4 members (excludes halogenated alkanes) is 30. The van der Waals surface area contributed by atoms with E-state index >= 15 is 0 Å². The van der Waals surface area contributed by atoms with Crippen molar-refractivity contribution >= 4 is 17.9 Å². The van der Waals surface area contributed by atoms with Gasteiger partial charge in [-0.1, -0.05) is 206 Å². The van der Waals surface area contributed by atoms with E-state index in [-0.39, 0.29) is 31.1 Å². The van der Waals surface area contributed by atoms with Crippen molar-refractivity contribution in [1.82, 2.24) is 0 Å². The Kier molecular flexibility index (Phi) is 44.9. The molecule has 6 nitrogen and oxygen atoms in total. The SMILES string of the molecule is CCC/C=C\CCCCCCCC(=O)OCC(COC(=O)CCCCCCC/C=C\CCCCCCCCC)OC(=O)CCCCCCCCCCCCCCC. The van der Waals surface area contributed by atoms with Crippen LogP contribution in [0.4, 0.5) is 0 Å². The first-order chi connectivity index (χ1) is 28.0. The van der Waals surface area contributed by atoms with Crippen LogP contribution in [0.25, 0.3) is 0 Å². The van der Waals surface area contributed by atoms with Crippen molar-refractivity contribution in [3.8, 4) is 0 Å². The maximum atomic E-state index is 12.7. The molecule has 0 aromatic heterocycles. The zero-order valence-corrected chi connectivity index (χ0v) is 38.1. The molecule has 0 amide bonds. The van der Waals surface area contributed by atoms with Crippen molar-refractivity contribution in [1.29, 1.82) is 0 Å². The van der Waals surface area contributed by atoms with Crippen molar-refractivity contribution in [2.45, 2.75) is 271 Å². The minimum atomic E-state index is -0.771. The molecule has 0 aliphatic heterocycles. The lowest BCUT2D eigenvalue weighted by Crippen LogP contribution is -2.30. The van der Waals surface area contributed by atoms with Crippen LogP contribution in [0.5, 0.6) is 0 Å². The molecule has 1 atom stereocenters. The maximum Gasteiger partial charge on any atom is 0.306 e. The van der Waals surface area contributed by atoms with Crippen LogP contribution >= 0.6 is 0 Å². The zero-order chi connectivity index (χ0) is 41.5. The molecule has 334 valence electrons. The Bertz CT molecular complexity index is 927. The first-order valence-corrected chi connectivity index (χ1v) is 24.8. The predicted octanol–water partition coefficient (Wildman–Crippen LogP) is 16.0. The van der Waals surface area contributed by atoms with Gasteiger partial charge in [-0.05, 0) is 64.2 Å². The Morgan fingerprint density at radius 2 is 0.614 bits per heavy atom. The molecule has 0 aromatic rings. The molecule has 0 radical (unpaired) electrons. The topological polar surface area (TPSA) is 78.9 Å². The van der Waals surface area contributed by atoms with Crippen molar-refractivity contribution < 1.29 is 28.6 Å². The first kappa shape index (κ1) is 54.9. The van der Waals surface area contributed by atoms with Crippen LogP contribution in [-0.2, 0) is 28.6 Å². The molecular formula is C51H94O6. The van der Waals surface area contributed by atoms with Crippen molar-refractivity contribution in [2.75, 3.05) is 13.2 Å². The summed E-state index contributed by atoms with van der Waals surface area (Å²) in [6, 6.07) is 0. The normalized spacial score (nSPS) is 12.1. The number of rotatable bonds is 45. The molecule has 0 bridgehead atoms. The van der Waals surface area contributed by atoms with Gasteiger partial charge in [0.15, 0.2) is 6.10 Å². The molecule has 0 aromatic carbocycles. The Balaban J connectivity index is 4.33. The number of hydrogen-bond donors (Lipinski definition) is 0. The summed E-state index contributed by atoms with van der Waals surface area (Å²) in [6.07, 6.45) is 51.6. The van der Waals surface area contributed by atoms with Crippen LogP contribution in [0.1, 0.15) is 265 Å². The molecule has 0 saturated carbocycles. The number of hydrogen-bond acceptors (Lipinski definition) is 6. The summed E-state index contributed by atoms with van der Waals surface area (Å²) < 4.78 is 16.7. The highest BCUT2D eigenvalue weighted by Gasteiger charge is 2.19. The fourth-order valence-electron chi connectivity index (χ4n) is 7.15. The highest BCUT2D eigenvalue weighted by molar-refractivity contribution is 5.71. The molecule has 6 heteroatoms. The van der Waals surface area contributed by atoms with Crippen LogP contribution in [-0.4, -0.2) is 37.2 Å². The third-order valence-electron chi connectivity index (χ3n) is 10.9. The van der Waals surface area contributed by atoms with Gasteiger partial charge in [-0.25, -0.2) is 0 Å². The second-order valence-electron chi connectivity index (χ2n) is 16.7. The summed E-state index contributed by atoms with van der Waals surface area (Å²) in [5, 5.41) is 0. The maximum absolute atomic E-state index is 12.7. The lowest BCUT2D eigenvalue weighted by atomic mass is 10.0. The van der Waals surface area contributed by atoms with Gasteiger partial charge in [-0.3, -0.25) is 14.4 Å². The molecule has 0 aliphatic carbocycles. The van der Waals surface area contributed by atoms with Gasteiger partial charge >= 0.3 is 17.9 Å². The average molecular weight is 803 g/mol. The Labute approximate surface area is 353 Å². The highest BCUT2D eigenvalue weighted by Crippen LogP contribution is 2.15. The van der Waals surface area contributed by atoms with Gasteiger partial charge in [0.25, 0.3) is 0 Å². The summed E-state index contributed by atoms with van der Waals surface area (Å²) in [5.41, 5.74) is 0. The predicted molar refractivity (Wildman–Crippen MR) is 243 cm³/mol. The van der Waals surface area contributed by atoms with E-state index < -0.39 is 6.10 Å². The van der Waals surface area contributed by atoms with E-state index in [0.29, 0.717) is 19.3 Å². The second kappa shape index (κ2) is 46.6. The zero-order valence-electron chi connectivity index (χ0n) is 38.1. The quantitative estimate of drug-likeness (QED) is 0.0264. The third-order valence-corrected chi connectivity index (χ3v) is 10.9. The summed E-state index contributed by atoms with van der Waals surface area (Å²) in [4.78, 5) is 37.8. The molecule has 57 heavy (non-hydrogen) atoms. The highest BCUT2D eigenvalue weighted by atomic mass is 16.6. The third kappa shape index (κ3) is 44.8. The summed E-state index contributed by atoms with van der Waals surface area (Å²) in [5.74, 6) is -0.884. The standard InChI is InChI=1S/C51H94O6/c1-4-7-10-13-16-19-22-24-25-26-28-29-32-35-38-41-44-50(53)56-47-48(46-55-49(52)43-40-37-34-31-21-18-15-12-9-6-3)57-51(54)45-42-39-36-33-30-27-23-20-17-14-11-8-5-2/h12,15,25-26,48H,4-11,13-14,16-24,27-47H2,1-3H3/b15-12-,26-25-. The number of ether oxygens (including phenoxy) is 3. The Morgan fingerprint density at radius 1 is 0.333 bits per heavy atom. The van der Waals surface area contributed by atoms with Gasteiger partial charge in [0.05, 0.1) is 0 Å². The molecule has 0 aliphatic rings.